The molecular formula is C23H22N4. The van der Waals surface area contributed by atoms with Crippen LogP contribution in [0.25, 0.3) is 21.7 Å². The molecule has 0 bridgehead atoms. The van der Waals surface area contributed by atoms with Crippen molar-refractivity contribution in [3.63, 3.8) is 0 Å². The van der Waals surface area contributed by atoms with Crippen LogP contribution in [0.2, 0.25) is 0 Å². The molecule has 0 spiro atoms. The molecule has 1 N–H and O–H groups in total. The summed E-state index contributed by atoms with van der Waals surface area (Å²) in [6, 6.07) is 19.7. The molecule has 4 heteroatoms. The van der Waals surface area contributed by atoms with E-state index in [9.17, 15) is 0 Å². The zero-order valence-electron chi connectivity index (χ0n) is 15.2. The summed E-state index contributed by atoms with van der Waals surface area (Å²) >= 11 is 0. The van der Waals surface area contributed by atoms with E-state index in [0.29, 0.717) is 0 Å². The monoisotopic (exact) mass is 354 g/mol. The number of rotatable bonds is 3. The van der Waals surface area contributed by atoms with E-state index in [1.54, 1.807) is 0 Å². The molecule has 3 heterocycles. The summed E-state index contributed by atoms with van der Waals surface area (Å²) in [7, 11) is 0. The van der Waals surface area contributed by atoms with Gasteiger partial charge in [0, 0.05) is 55.5 Å². The van der Waals surface area contributed by atoms with Crippen LogP contribution in [-0.4, -0.2) is 41.0 Å². The Hall–Kier alpha value is -2.82. The number of para-hydroxylation sites is 1. The van der Waals surface area contributed by atoms with Crippen molar-refractivity contribution in [2.75, 3.05) is 26.2 Å². The normalized spacial score (nSPS) is 16.6. The second kappa shape index (κ2) is 7.06. The van der Waals surface area contributed by atoms with Crippen LogP contribution in [0.3, 0.4) is 0 Å². The summed E-state index contributed by atoms with van der Waals surface area (Å²) in [6.07, 6.45) is 5.84. The van der Waals surface area contributed by atoms with Gasteiger partial charge in [0.25, 0.3) is 0 Å². The molecule has 1 aliphatic heterocycles. The molecule has 4 aromatic rings. The van der Waals surface area contributed by atoms with Crippen molar-refractivity contribution < 1.29 is 0 Å². The molecule has 2 aromatic heterocycles. The quantitative estimate of drug-likeness (QED) is 0.608. The molecule has 27 heavy (non-hydrogen) atoms. The van der Waals surface area contributed by atoms with Gasteiger partial charge in [-0.3, -0.25) is 14.9 Å². The van der Waals surface area contributed by atoms with Crippen LogP contribution in [0.5, 0.6) is 0 Å². The Kier molecular flexibility index (Phi) is 4.28. The number of piperazine rings is 1. The van der Waals surface area contributed by atoms with Crippen molar-refractivity contribution in [1.82, 2.24) is 20.2 Å². The summed E-state index contributed by atoms with van der Waals surface area (Å²) < 4.78 is 0. The molecule has 5 rings (SSSR count). The molecular weight excluding hydrogens is 332 g/mol. The van der Waals surface area contributed by atoms with E-state index in [2.05, 4.69) is 63.7 Å². The van der Waals surface area contributed by atoms with Gasteiger partial charge in [-0.25, -0.2) is 0 Å². The average Bonchev–Trinajstić information content (AvgIpc) is 2.74. The highest BCUT2D eigenvalue weighted by Gasteiger charge is 2.24. The summed E-state index contributed by atoms with van der Waals surface area (Å²) in [6.45, 7) is 4.11. The van der Waals surface area contributed by atoms with Crippen molar-refractivity contribution >= 4 is 21.7 Å². The fourth-order valence-corrected chi connectivity index (χ4v) is 4.06. The summed E-state index contributed by atoms with van der Waals surface area (Å²) in [5.74, 6) is 0. The Morgan fingerprint density at radius 2 is 1.67 bits per heavy atom. The van der Waals surface area contributed by atoms with Gasteiger partial charge in [-0.05, 0) is 40.8 Å². The van der Waals surface area contributed by atoms with Gasteiger partial charge >= 0.3 is 0 Å². The first-order valence-electron chi connectivity index (χ1n) is 9.52. The summed E-state index contributed by atoms with van der Waals surface area (Å²) in [4.78, 5) is 11.5. The van der Waals surface area contributed by atoms with Gasteiger partial charge in [-0.2, -0.15) is 0 Å². The largest absolute Gasteiger partial charge is 0.314 e. The van der Waals surface area contributed by atoms with Gasteiger partial charge in [-0.1, -0.05) is 30.3 Å². The third-order valence-corrected chi connectivity index (χ3v) is 5.42. The molecule has 0 radical (unpaired) electrons. The third-order valence-electron chi connectivity index (χ3n) is 5.42. The second-order valence-electron chi connectivity index (χ2n) is 7.13. The molecule has 1 unspecified atom stereocenters. The molecule has 1 aliphatic rings. The maximum Gasteiger partial charge on any atom is 0.0702 e. The van der Waals surface area contributed by atoms with Crippen molar-refractivity contribution in [3.05, 3.63) is 84.3 Å². The first-order valence-corrected chi connectivity index (χ1v) is 9.52. The lowest BCUT2D eigenvalue weighted by Crippen LogP contribution is -2.45. The minimum absolute atomic E-state index is 0.210. The molecule has 4 nitrogen and oxygen atoms in total. The van der Waals surface area contributed by atoms with Crippen LogP contribution in [0.4, 0.5) is 0 Å². The van der Waals surface area contributed by atoms with Crippen LogP contribution < -0.4 is 5.32 Å². The van der Waals surface area contributed by atoms with Crippen LogP contribution in [0.15, 0.2) is 73.2 Å². The second-order valence-corrected chi connectivity index (χ2v) is 7.13. The molecule has 0 aliphatic carbocycles. The van der Waals surface area contributed by atoms with E-state index in [1.807, 2.05) is 24.7 Å². The predicted octanol–water partition coefficient (Wildman–Crippen LogP) is 3.78. The van der Waals surface area contributed by atoms with Crippen molar-refractivity contribution in [3.8, 4) is 0 Å². The van der Waals surface area contributed by atoms with Crippen LogP contribution in [0, 0.1) is 0 Å². The Morgan fingerprint density at radius 3 is 2.59 bits per heavy atom. The molecule has 1 saturated heterocycles. The molecule has 1 fully saturated rings. The van der Waals surface area contributed by atoms with Gasteiger partial charge < -0.3 is 5.32 Å². The number of nitrogens with zero attached hydrogens (tertiary/aromatic N) is 3. The summed E-state index contributed by atoms with van der Waals surface area (Å²) in [5.41, 5.74) is 3.61. The van der Waals surface area contributed by atoms with Gasteiger partial charge in [0.1, 0.15) is 0 Å². The third kappa shape index (κ3) is 3.18. The lowest BCUT2D eigenvalue weighted by molar-refractivity contribution is 0.198. The number of pyridine rings is 2. The lowest BCUT2D eigenvalue weighted by Gasteiger charge is -2.35. The Labute approximate surface area is 158 Å². The fraction of sp³-hybridized carbons (Fsp3) is 0.217. The Morgan fingerprint density at radius 1 is 0.815 bits per heavy atom. The first kappa shape index (κ1) is 16.4. The summed E-state index contributed by atoms with van der Waals surface area (Å²) in [5, 5.41) is 7.07. The molecule has 134 valence electrons. The minimum atomic E-state index is 0.210. The SMILES string of the molecule is c1ccc2ncc(C(c3ccc4cnccc4c3)N3CCNCC3)cc2c1. The Bertz CT molecular complexity index is 1010. The van der Waals surface area contributed by atoms with Gasteiger partial charge in [-0.15, -0.1) is 0 Å². The zero-order valence-corrected chi connectivity index (χ0v) is 15.2. The molecule has 1 atom stereocenters. The van der Waals surface area contributed by atoms with E-state index in [1.165, 1.54) is 27.3 Å². The highest BCUT2D eigenvalue weighted by Crippen LogP contribution is 2.32. The van der Waals surface area contributed by atoms with Gasteiger partial charge in [0.05, 0.1) is 11.6 Å². The topological polar surface area (TPSA) is 41.1 Å². The average molecular weight is 354 g/mol. The highest BCUT2D eigenvalue weighted by atomic mass is 15.2. The Balaban J connectivity index is 1.64. The molecule has 0 amide bonds. The first-order chi connectivity index (χ1) is 13.4. The number of fused-ring (bicyclic) bond motifs is 2. The lowest BCUT2D eigenvalue weighted by atomic mass is 9.95. The van der Waals surface area contributed by atoms with Crippen molar-refractivity contribution in [2.24, 2.45) is 0 Å². The standard InChI is InChI=1S/C23H22N4/c1-2-4-22-18(3-1)14-21(16-26-22)23(27-11-9-24-10-12-27)19-5-6-20-15-25-8-7-17(20)13-19/h1-8,13-16,23-24H,9-12H2. The van der Waals surface area contributed by atoms with E-state index >= 15 is 0 Å². The van der Waals surface area contributed by atoms with Crippen molar-refractivity contribution in [2.45, 2.75) is 6.04 Å². The highest BCUT2D eigenvalue weighted by molar-refractivity contribution is 5.82. The molecule has 2 aromatic carbocycles. The van der Waals surface area contributed by atoms with Crippen LogP contribution in [-0.2, 0) is 0 Å². The van der Waals surface area contributed by atoms with E-state index in [4.69, 9.17) is 4.98 Å². The number of nitrogens with one attached hydrogen (secondary N) is 1. The van der Waals surface area contributed by atoms with Crippen LogP contribution >= 0.6 is 0 Å². The van der Waals surface area contributed by atoms with Crippen molar-refractivity contribution in [1.29, 1.82) is 0 Å². The number of benzene rings is 2. The minimum Gasteiger partial charge on any atom is -0.314 e. The van der Waals surface area contributed by atoms with E-state index in [-0.39, 0.29) is 6.04 Å². The number of hydrogen-bond donors (Lipinski definition) is 1. The van der Waals surface area contributed by atoms with Gasteiger partial charge in [0.15, 0.2) is 0 Å². The maximum atomic E-state index is 4.73. The van der Waals surface area contributed by atoms with E-state index < -0.39 is 0 Å². The molecule has 0 saturated carbocycles. The zero-order chi connectivity index (χ0) is 18.1. The number of aromatic nitrogens is 2. The number of hydrogen-bond acceptors (Lipinski definition) is 4. The van der Waals surface area contributed by atoms with E-state index in [0.717, 1.165) is 31.7 Å². The van der Waals surface area contributed by atoms with Gasteiger partial charge in [0.2, 0.25) is 0 Å². The predicted molar refractivity (Wildman–Crippen MR) is 110 cm³/mol. The van der Waals surface area contributed by atoms with Crippen LogP contribution in [0.1, 0.15) is 17.2 Å². The smallest absolute Gasteiger partial charge is 0.0702 e. The fourth-order valence-electron chi connectivity index (χ4n) is 4.06. The maximum absolute atomic E-state index is 4.73.